The molecule has 3 aromatic rings. The van der Waals surface area contributed by atoms with E-state index in [1.165, 1.54) is 23.1 Å². The maximum Gasteiger partial charge on any atom is 0.455 e. The van der Waals surface area contributed by atoms with Crippen LogP contribution in [0.3, 0.4) is 0 Å². The highest BCUT2D eigenvalue weighted by molar-refractivity contribution is 6.31. The van der Waals surface area contributed by atoms with Crippen molar-refractivity contribution in [2.75, 3.05) is 6.61 Å². The second-order valence-corrected chi connectivity index (χ2v) is 6.24. The van der Waals surface area contributed by atoms with Crippen LogP contribution in [0.5, 0.6) is 0 Å². The van der Waals surface area contributed by atoms with Gasteiger partial charge in [-0.1, -0.05) is 41.9 Å². The molecule has 1 heterocycles. The smallest absolute Gasteiger partial charge is 0.370 e. The van der Waals surface area contributed by atoms with E-state index in [-0.39, 0.29) is 10.6 Å². The highest BCUT2D eigenvalue weighted by Crippen LogP contribution is 2.35. The summed E-state index contributed by atoms with van der Waals surface area (Å²) < 4.78 is 68.7. The number of alkyl halides is 5. The van der Waals surface area contributed by atoms with Crippen LogP contribution in [0, 0.1) is 0 Å². The first-order valence-electron chi connectivity index (χ1n) is 7.95. The van der Waals surface area contributed by atoms with Crippen LogP contribution in [0.4, 0.5) is 22.0 Å². The summed E-state index contributed by atoms with van der Waals surface area (Å²) in [5, 5.41) is 4.31. The molecule has 0 fully saturated rings. The average molecular weight is 418 g/mol. The van der Waals surface area contributed by atoms with Crippen molar-refractivity contribution < 1.29 is 26.7 Å². The topological polar surface area (TPSA) is 39.9 Å². The quantitative estimate of drug-likeness (QED) is 0.511. The van der Waals surface area contributed by atoms with Crippen LogP contribution in [0.1, 0.15) is 5.56 Å². The molecule has 4 nitrogen and oxygen atoms in total. The van der Waals surface area contributed by atoms with Gasteiger partial charge in [0.1, 0.15) is 12.9 Å². The Morgan fingerprint density at radius 1 is 1.00 bits per heavy atom. The lowest BCUT2D eigenvalue weighted by atomic mass is 10.2. The Morgan fingerprint density at radius 3 is 2.39 bits per heavy atom. The van der Waals surface area contributed by atoms with Gasteiger partial charge in [0.15, 0.2) is 5.82 Å². The van der Waals surface area contributed by atoms with Crippen LogP contribution < -0.4 is 0 Å². The van der Waals surface area contributed by atoms with Crippen LogP contribution >= 0.6 is 11.6 Å². The molecule has 3 rings (SSSR count). The fraction of sp³-hybridized carbons (Fsp3) is 0.222. The Kier molecular flexibility index (Phi) is 5.66. The lowest BCUT2D eigenvalue weighted by Gasteiger charge is -2.19. The molecule has 148 valence electrons. The summed E-state index contributed by atoms with van der Waals surface area (Å²) in [6.07, 6.45) is -4.33. The van der Waals surface area contributed by atoms with Crippen LogP contribution in [0.15, 0.2) is 54.9 Å². The van der Waals surface area contributed by atoms with E-state index in [0.717, 1.165) is 5.56 Å². The van der Waals surface area contributed by atoms with Crippen molar-refractivity contribution in [3.05, 3.63) is 65.4 Å². The van der Waals surface area contributed by atoms with Gasteiger partial charge < -0.3 is 4.74 Å². The fourth-order valence-corrected chi connectivity index (χ4v) is 2.56. The fourth-order valence-electron chi connectivity index (χ4n) is 2.39. The zero-order valence-corrected chi connectivity index (χ0v) is 14.9. The zero-order chi connectivity index (χ0) is 20.4. The van der Waals surface area contributed by atoms with Crippen molar-refractivity contribution in [1.82, 2.24) is 14.8 Å². The Bertz CT molecular complexity index is 944. The number of aromatic nitrogens is 3. The third-order valence-corrected chi connectivity index (χ3v) is 4.18. The highest BCUT2D eigenvalue weighted by atomic mass is 35.5. The third-order valence-electron chi connectivity index (χ3n) is 3.81. The van der Waals surface area contributed by atoms with Gasteiger partial charge in [-0.3, -0.25) is 0 Å². The predicted octanol–water partition coefficient (Wildman–Crippen LogP) is 5.30. The molecule has 0 radical (unpaired) electrons. The van der Waals surface area contributed by atoms with E-state index < -0.39 is 25.3 Å². The van der Waals surface area contributed by atoms with Crippen molar-refractivity contribution in [1.29, 1.82) is 0 Å². The molecule has 0 N–H and O–H groups in total. The monoisotopic (exact) mass is 417 g/mol. The maximum atomic E-state index is 13.0. The Labute approximate surface area is 161 Å². The van der Waals surface area contributed by atoms with Gasteiger partial charge in [-0.25, -0.2) is 9.67 Å². The molecule has 28 heavy (non-hydrogen) atoms. The summed E-state index contributed by atoms with van der Waals surface area (Å²) in [4.78, 5) is 4.20. The Balaban J connectivity index is 1.81. The third kappa shape index (κ3) is 4.31. The number of nitrogens with zero attached hydrogens (tertiary/aromatic N) is 3. The molecule has 0 bridgehead atoms. The van der Waals surface area contributed by atoms with Crippen molar-refractivity contribution in [3.8, 4) is 17.1 Å². The summed E-state index contributed by atoms with van der Waals surface area (Å²) in [6, 6.07) is 13.8. The van der Waals surface area contributed by atoms with Gasteiger partial charge in [0.25, 0.3) is 0 Å². The van der Waals surface area contributed by atoms with E-state index in [0.29, 0.717) is 11.5 Å². The molecule has 0 saturated heterocycles. The van der Waals surface area contributed by atoms with E-state index in [4.69, 9.17) is 11.6 Å². The normalized spacial score (nSPS) is 12.4. The zero-order valence-electron chi connectivity index (χ0n) is 14.1. The first-order valence-corrected chi connectivity index (χ1v) is 8.33. The van der Waals surface area contributed by atoms with Crippen LogP contribution in [-0.2, 0) is 11.3 Å². The molecule has 0 amide bonds. The molecule has 0 unspecified atom stereocenters. The van der Waals surface area contributed by atoms with Crippen molar-refractivity contribution in [2.24, 2.45) is 0 Å². The number of hydrogen-bond donors (Lipinski definition) is 0. The van der Waals surface area contributed by atoms with Gasteiger partial charge in [0.05, 0.1) is 12.3 Å². The molecular formula is C18H13ClF5N3O. The average Bonchev–Trinajstić information content (AvgIpc) is 3.13. The summed E-state index contributed by atoms with van der Waals surface area (Å²) in [5.74, 6) is -4.41. The maximum absolute atomic E-state index is 13.0. The first-order chi connectivity index (χ1) is 13.2. The number of benzene rings is 2. The minimum Gasteiger partial charge on any atom is -0.370 e. The Morgan fingerprint density at radius 2 is 1.71 bits per heavy atom. The van der Waals surface area contributed by atoms with Crippen LogP contribution in [-0.4, -0.2) is 33.5 Å². The van der Waals surface area contributed by atoms with E-state index >= 15 is 0 Å². The van der Waals surface area contributed by atoms with Gasteiger partial charge in [-0.2, -0.15) is 27.1 Å². The second kappa shape index (κ2) is 7.84. The molecule has 0 spiro atoms. The van der Waals surface area contributed by atoms with Crippen molar-refractivity contribution >= 4 is 11.6 Å². The van der Waals surface area contributed by atoms with Crippen molar-refractivity contribution in [3.63, 3.8) is 0 Å². The second-order valence-electron chi connectivity index (χ2n) is 5.83. The molecule has 0 aliphatic carbocycles. The predicted molar refractivity (Wildman–Crippen MR) is 92.5 cm³/mol. The molecule has 2 aromatic carbocycles. The van der Waals surface area contributed by atoms with Gasteiger partial charge in [-0.15, -0.1) is 0 Å². The van der Waals surface area contributed by atoms with E-state index in [1.54, 1.807) is 6.07 Å². The molecule has 1 aromatic heterocycles. The standard InChI is InChI=1S/C18H13ClF5N3O/c19-15-7-6-14(8-13(15)9-28-10-17(20,21)18(22,23)24)27-16(25-11-26-27)12-4-2-1-3-5-12/h1-8,11H,9-10H2. The summed E-state index contributed by atoms with van der Waals surface area (Å²) in [6.45, 7) is -2.32. The van der Waals surface area contributed by atoms with Gasteiger partial charge >= 0.3 is 12.1 Å². The molecule has 0 atom stereocenters. The summed E-state index contributed by atoms with van der Waals surface area (Å²) in [5.41, 5.74) is 1.53. The van der Waals surface area contributed by atoms with Crippen LogP contribution in [0.25, 0.3) is 17.1 Å². The first kappa shape index (κ1) is 20.2. The number of hydrogen-bond acceptors (Lipinski definition) is 3. The molecule has 0 aliphatic heterocycles. The number of rotatable bonds is 6. The minimum atomic E-state index is -5.68. The van der Waals surface area contributed by atoms with Crippen molar-refractivity contribution in [2.45, 2.75) is 18.7 Å². The van der Waals surface area contributed by atoms with Crippen LogP contribution in [0.2, 0.25) is 5.02 Å². The van der Waals surface area contributed by atoms with E-state index in [9.17, 15) is 22.0 Å². The molecular weight excluding hydrogens is 405 g/mol. The van der Waals surface area contributed by atoms with Gasteiger partial charge in [0.2, 0.25) is 0 Å². The molecule has 10 heteroatoms. The molecule has 0 aliphatic rings. The largest absolute Gasteiger partial charge is 0.455 e. The van der Waals surface area contributed by atoms with Gasteiger partial charge in [-0.05, 0) is 23.8 Å². The minimum absolute atomic E-state index is 0.167. The summed E-state index contributed by atoms with van der Waals surface area (Å²) in [7, 11) is 0. The Hall–Kier alpha value is -2.52. The molecule has 0 saturated carbocycles. The summed E-state index contributed by atoms with van der Waals surface area (Å²) >= 11 is 6.02. The number of halogens is 6. The number of ether oxygens (including phenoxy) is 1. The van der Waals surface area contributed by atoms with E-state index in [1.807, 2.05) is 30.3 Å². The lowest BCUT2D eigenvalue weighted by molar-refractivity contribution is -0.297. The van der Waals surface area contributed by atoms with Gasteiger partial charge in [0, 0.05) is 10.6 Å². The lowest BCUT2D eigenvalue weighted by Crippen LogP contribution is -2.40. The van der Waals surface area contributed by atoms with E-state index in [2.05, 4.69) is 14.8 Å². The highest BCUT2D eigenvalue weighted by Gasteiger charge is 2.57. The SMILES string of the molecule is FC(F)(F)C(F)(F)COCc1cc(-n2ncnc2-c2ccccc2)ccc1Cl.